The first kappa shape index (κ1) is 16.6. The summed E-state index contributed by atoms with van der Waals surface area (Å²) in [5.41, 5.74) is 3.43. The van der Waals surface area contributed by atoms with Crippen LogP contribution < -0.4 is 9.47 Å². The molecule has 0 spiro atoms. The molecule has 6 nitrogen and oxygen atoms in total. The third kappa shape index (κ3) is 2.81. The monoisotopic (exact) mass is 346 g/mol. The molecule has 127 valence electrons. The molecule has 1 radical (unpaired) electrons. The number of aliphatic hydroxyl groups is 1. The average molecular weight is 346 g/mol. The van der Waals surface area contributed by atoms with E-state index < -0.39 is 0 Å². The molecule has 0 bridgehead atoms. The van der Waals surface area contributed by atoms with Gasteiger partial charge in [-0.3, -0.25) is 0 Å². The first-order chi connectivity index (χ1) is 11.6. The molecule has 3 aromatic rings. The van der Waals surface area contributed by atoms with Gasteiger partial charge in [-0.25, -0.2) is 9.97 Å². The normalized spacial score (nSPS) is 11.2. The van der Waals surface area contributed by atoms with Gasteiger partial charge in [0, 0.05) is 23.4 Å². The second-order valence-electron chi connectivity index (χ2n) is 5.34. The van der Waals surface area contributed by atoms with Crippen molar-refractivity contribution in [1.29, 1.82) is 0 Å². The standard InChI is InChI=1S/C17H20N3O3S/c1-10-15(23-3)11(9-21)8-18-16(10)24(4)17-19-13-6-5-12(22-2)7-14(13)20-17/h5-8,21H,9H2,1-4H3,(H,19,20). The maximum Gasteiger partial charge on any atom is 0.162 e. The first-order valence-corrected chi connectivity index (χ1v) is 9.05. The van der Waals surface area contributed by atoms with E-state index in [9.17, 15) is 5.11 Å². The van der Waals surface area contributed by atoms with Gasteiger partial charge in [-0.2, -0.15) is 0 Å². The highest BCUT2D eigenvalue weighted by atomic mass is 32.2. The molecule has 0 saturated heterocycles. The van der Waals surface area contributed by atoms with Gasteiger partial charge in [0.05, 0.1) is 31.9 Å². The zero-order chi connectivity index (χ0) is 17.3. The summed E-state index contributed by atoms with van der Waals surface area (Å²) in [7, 11) is 2.90. The largest absolute Gasteiger partial charge is 0.497 e. The number of nitrogens with one attached hydrogen (secondary N) is 1. The van der Waals surface area contributed by atoms with Crippen LogP contribution in [0.1, 0.15) is 11.1 Å². The van der Waals surface area contributed by atoms with Crippen LogP contribution in [0.3, 0.4) is 0 Å². The number of hydrogen-bond acceptors (Lipinski definition) is 5. The molecule has 3 rings (SSSR count). The molecule has 0 aliphatic heterocycles. The quantitative estimate of drug-likeness (QED) is 0.742. The minimum Gasteiger partial charge on any atom is -0.497 e. The number of imidazole rings is 1. The lowest BCUT2D eigenvalue weighted by Crippen LogP contribution is -2.01. The molecule has 7 heteroatoms. The lowest BCUT2D eigenvalue weighted by atomic mass is 10.2. The molecule has 0 aliphatic carbocycles. The summed E-state index contributed by atoms with van der Waals surface area (Å²) in [4.78, 5) is 12.6. The number of H-pyrrole nitrogens is 1. The molecular formula is C17H20N3O3S. The number of aromatic nitrogens is 3. The topological polar surface area (TPSA) is 80.3 Å². The van der Waals surface area contributed by atoms with Crippen LogP contribution >= 0.6 is 10.9 Å². The zero-order valence-electron chi connectivity index (χ0n) is 14.1. The van der Waals surface area contributed by atoms with E-state index in [0.29, 0.717) is 11.3 Å². The van der Waals surface area contributed by atoms with E-state index in [4.69, 9.17) is 9.47 Å². The summed E-state index contributed by atoms with van der Waals surface area (Å²) in [5.74, 6) is 1.47. The second-order valence-corrected chi connectivity index (χ2v) is 7.13. The summed E-state index contributed by atoms with van der Waals surface area (Å²) in [5, 5.41) is 11.2. The van der Waals surface area contributed by atoms with Gasteiger partial charge in [0.25, 0.3) is 0 Å². The Morgan fingerprint density at radius 2 is 2.04 bits per heavy atom. The number of hydrogen-bond donors (Lipinski definition) is 2. The van der Waals surface area contributed by atoms with Crippen molar-refractivity contribution < 1.29 is 14.6 Å². The fourth-order valence-electron chi connectivity index (χ4n) is 2.66. The van der Waals surface area contributed by atoms with Crippen LogP contribution in [0.5, 0.6) is 11.5 Å². The smallest absolute Gasteiger partial charge is 0.162 e. The lowest BCUT2D eigenvalue weighted by Gasteiger charge is -2.17. The molecule has 1 aromatic carbocycles. The van der Waals surface area contributed by atoms with Crippen LogP contribution in [-0.2, 0) is 6.61 Å². The van der Waals surface area contributed by atoms with Crippen molar-refractivity contribution in [3.63, 3.8) is 0 Å². The predicted octanol–water partition coefficient (Wildman–Crippen LogP) is 3.09. The Balaban J connectivity index is 2.04. The van der Waals surface area contributed by atoms with Gasteiger partial charge < -0.3 is 19.6 Å². The maximum atomic E-state index is 9.42. The van der Waals surface area contributed by atoms with E-state index >= 15 is 0 Å². The van der Waals surface area contributed by atoms with E-state index in [2.05, 4.69) is 21.2 Å². The highest BCUT2D eigenvalue weighted by molar-refractivity contribution is 8.16. The third-order valence-electron chi connectivity index (χ3n) is 3.91. The van der Waals surface area contributed by atoms with E-state index in [1.165, 1.54) is 0 Å². The number of ether oxygens (including phenoxy) is 2. The average Bonchev–Trinajstić information content (AvgIpc) is 3.03. The third-order valence-corrected chi connectivity index (χ3v) is 5.68. The number of aromatic amines is 1. The van der Waals surface area contributed by atoms with Crippen LogP contribution in [0.4, 0.5) is 0 Å². The minimum atomic E-state index is -0.352. The number of aliphatic hydroxyl groups excluding tert-OH is 1. The molecular weight excluding hydrogens is 326 g/mol. The predicted molar refractivity (Wildman–Crippen MR) is 94.1 cm³/mol. The molecule has 0 atom stereocenters. The van der Waals surface area contributed by atoms with Gasteiger partial charge in [-0.15, -0.1) is 0 Å². The van der Waals surface area contributed by atoms with Crippen molar-refractivity contribution in [3.05, 3.63) is 35.5 Å². The van der Waals surface area contributed by atoms with Crippen LogP contribution in [0.15, 0.2) is 34.6 Å². The molecule has 2 heterocycles. The van der Waals surface area contributed by atoms with Crippen LogP contribution in [0.25, 0.3) is 11.0 Å². The Kier molecular flexibility index (Phi) is 4.64. The van der Waals surface area contributed by atoms with Gasteiger partial charge in [0.15, 0.2) is 5.16 Å². The highest BCUT2D eigenvalue weighted by Crippen LogP contribution is 2.43. The Hall–Kier alpha value is -2.25. The fraction of sp³-hybridized carbons (Fsp3) is 0.294. The van der Waals surface area contributed by atoms with Gasteiger partial charge >= 0.3 is 0 Å². The molecule has 0 saturated carbocycles. The van der Waals surface area contributed by atoms with E-state index in [0.717, 1.165) is 32.5 Å². The summed E-state index contributed by atoms with van der Waals surface area (Å²) < 4.78 is 10.7. The Labute approximate surface area is 143 Å². The summed E-state index contributed by atoms with van der Waals surface area (Å²) in [6, 6.07) is 5.75. The summed E-state index contributed by atoms with van der Waals surface area (Å²) in [6.45, 7) is 1.86. The number of benzene rings is 1. The van der Waals surface area contributed by atoms with Crippen molar-refractivity contribution in [2.24, 2.45) is 0 Å². The second kappa shape index (κ2) is 6.70. The van der Waals surface area contributed by atoms with Gasteiger partial charge in [0.2, 0.25) is 0 Å². The number of methoxy groups -OCH3 is 2. The molecule has 0 amide bonds. The molecule has 2 aromatic heterocycles. The van der Waals surface area contributed by atoms with Crippen molar-refractivity contribution in [1.82, 2.24) is 15.0 Å². The number of nitrogens with zero attached hydrogens (tertiary/aromatic N) is 2. The number of rotatable bonds is 5. The lowest BCUT2D eigenvalue weighted by molar-refractivity contribution is 0.272. The zero-order valence-corrected chi connectivity index (χ0v) is 14.9. The molecule has 0 fully saturated rings. The van der Waals surface area contributed by atoms with Gasteiger partial charge in [-0.1, -0.05) is 10.9 Å². The molecule has 0 unspecified atom stereocenters. The summed E-state index contributed by atoms with van der Waals surface area (Å²) in [6.07, 6.45) is 3.73. The SMILES string of the molecule is COc1ccc2nc([S](C)c3ncc(CO)c(OC)c3C)[nH]c2c1. The first-order valence-electron chi connectivity index (χ1n) is 7.42. The van der Waals surface area contributed by atoms with Crippen molar-refractivity contribution >= 4 is 21.9 Å². The molecule has 0 aliphatic rings. The van der Waals surface area contributed by atoms with Crippen LogP contribution in [-0.4, -0.2) is 40.5 Å². The van der Waals surface area contributed by atoms with Crippen LogP contribution in [0, 0.1) is 6.92 Å². The minimum absolute atomic E-state index is 0.0980. The Morgan fingerprint density at radius 1 is 1.25 bits per heavy atom. The van der Waals surface area contributed by atoms with E-state index in [-0.39, 0.29) is 17.5 Å². The number of pyridine rings is 1. The van der Waals surface area contributed by atoms with Crippen molar-refractivity contribution in [2.75, 3.05) is 20.5 Å². The van der Waals surface area contributed by atoms with E-state index in [1.54, 1.807) is 20.4 Å². The summed E-state index contributed by atoms with van der Waals surface area (Å²) >= 11 is 0. The highest BCUT2D eigenvalue weighted by Gasteiger charge is 2.19. The van der Waals surface area contributed by atoms with Crippen LogP contribution in [0.2, 0.25) is 0 Å². The Morgan fingerprint density at radius 3 is 2.71 bits per heavy atom. The van der Waals surface area contributed by atoms with Crippen molar-refractivity contribution in [2.45, 2.75) is 23.7 Å². The van der Waals surface area contributed by atoms with Gasteiger partial charge in [-0.05, 0) is 25.3 Å². The van der Waals surface area contributed by atoms with E-state index in [1.807, 2.05) is 25.1 Å². The molecule has 24 heavy (non-hydrogen) atoms. The van der Waals surface area contributed by atoms with Crippen molar-refractivity contribution in [3.8, 4) is 11.5 Å². The maximum absolute atomic E-state index is 9.42. The number of fused-ring (bicyclic) bond motifs is 1. The van der Waals surface area contributed by atoms with Gasteiger partial charge in [0.1, 0.15) is 16.5 Å². The molecule has 2 N–H and O–H groups in total. The fourth-order valence-corrected chi connectivity index (χ4v) is 4.11. The Bertz CT molecular complexity index is 879.